The van der Waals surface area contributed by atoms with Crippen LogP contribution in [0.2, 0.25) is 0 Å². The Morgan fingerprint density at radius 3 is 2.56 bits per heavy atom. The maximum Gasteiger partial charge on any atom is 0.390 e. The molecule has 0 heterocycles. The first kappa shape index (κ1) is 14.3. The van der Waals surface area contributed by atoms with Gasteiger partial charge in [-0.1, -0.05) is 0 Å². The standard InChI is InChI=1S/C11H11F4NO2/c1-16(5-4-11(13,14)15)10(18)8-6-7(12)2-3-9(8)17/h2-3,6,17H,4-5H2,1H3. The minimum absolute atomic E-state index is 0.361. The lowest BCUT2D eigenvalue weighted by atomic mass is 10.1. The lowest BCUT2D eigenvalue weighted by Crippen LogP contribution is -2.30. The summed E-state index contributed by atoms with van der Waals surface area (Å²) in [7, 11) is 1.15. The van der Waals surface area contributed by atoms with Gasteiger partial charge >= 0.3 is 6.18 Å². The molecule has 0 aliphatic heterocycles. The zero-order chi connectivity index (χ0) is 13.9. The van der Waals surface area contributed by atoms with Crippen LogP contribution in [0.3, 0.4) is 0 Å². The average Bonchev–Trinajstić information content (AvgIpc) is 2.27. The summed E-state index contributed by atoms with van der Waals surface area (Å²) >= 11 is 0. The Bertz CT molecular complexity index is 445. The van der Waals surface area contributed by atoms with Crippen molar-refractivity contribution >= 4 is 5.91 Å². The van der Waals surface area contributed by atoms with E-state index in [2.05, 4.69) is 0 Å². The molecule has 1 amide bonds. The highest BCUT2D eigenvalue weighted by atomic mass is 19.4. The van der Waals surface area contributed by atoms with Crippen LogP contribution in [0, 0.1) is 5.82 Å². The number of alkyl halides is 3. The van der Waals surface area contributed by atoms with Crippen molar-refractivity contribution in [3.8, 4) is 5.75 Å². The van der Waals surface area contributed by atoms with E-state index in [1.807, 2.05) is 0 Å². The van der Waals surface area contributed by atoms with E-state index < -0.39 is 36.6 Å². The van der Waals surface area contributed by atoms with E-state index in [1.165, 1.54) is 0 Å². The molecular weight excluding hydrogens is 254 g/mol. The van der Waals surface area contributed by atoms with Crippen LogP contribution in [0.15, 0.2) is 18.2 Å². The molecule has 0 aromatic heterocycles. The van der Waals surface area contributed by atoms with E-state index in [1.54, 1.807) is 0 Å². The van der Waals surface area contributed by atoms with Crippen molar-refractivity contribution in [2.24, 2.45) is 0 Å². The summed E-state index contributed by atoms with van der Waals surface area (Å²) in [6.07, 6.45) is -5.54. The molecule has 1 N–H and O–H groups in total. The number of benzene rings is 1. The largest absolute Gasteiger partial charge is 0.507 e. The van der Waals surface area contributed by atoms with Gasteiger partial charge in [0.25, 0.3) is 5.91 Å². The van der Waals surface area contributed by atoms with Gasteiger partial charge in [-0.3, -0.25) is 4.79 Å². The first-order chi connectivity index (χ1) is 8.20. The Morgan fingerprint density at radius 2 is 2.00 bits per heavy atom. The van der Waals surface area contributed by atoms with Gasteiger partial charge in [-0.05, 0) is 18.2 Å². The molecule has 18 heavy (non-hydrogen) atoms. The molecule has 0 spiro atoms. The van der Waals surface area contributed by atoms with Gasteiger partial charge in [0.1, 0.15) is 11.6 Å². The Kier molecular flexibility index (Phi) is 4.15. The number of aromatic hydroxyl groups is 1. The average molecular weight is 265 g/mol. The zero-order valence-electron chi connectivity index (χ0n) is 9.46. The van der Waals surface area contributed by atoms with Crippen molar-refractivity contribution in [2.75, 3.05) is 13.6 Å². The number of amides is 1. The number of nitrogens with zero attached hydrogens (tertiary/aromatic N) is 1. The summed E-state index contributed by atoms with van der Waals surface area (Å²) in [4.78, 5) is 12.4. The zero-order valence-corrected chi connectivity index (χ0v) is 9.46. The lowest BCUT2D eigenvalue weighted by Gasteiger charge is -2.18. The fourth-order valence-electron chi connectivity index (χ4n) is 1.28. The molecule has 1 aromatic carbocycles. The van der Waals surface area contributed by atoms with Gasteiger partial charge in [-0.2, -0.15) is 13.2 Å². The number of carbonyl (C=O) groups excluding carboxylic acids is 1. The van der Waals surface area contributed by atoms with Crippen molar-refractivity contribution in [2.45, 2.75) is 12.6 Å². The van der Waals surface area contributed by atoms with Gasteiger partial charge in [0.15, 0.2) is 0 Å². The number of hydrogen-bond donors (Lipinski definition) is 1. The van der Waals surface area contributed by atoms with Crippen molar-refractivity contribution in [3.05, 3.63) is 29.6 Å². The van der Waals surface area contributed by atoms with Crippen LogP contribution in [0.4, 0.5) is 17.6 Å². The van der Waals surface area contributed by atoms with Crippen LogP contribution >= 0.6 is 0 Å². The Hall–Kier alpha value is -1.79. The third-order valence-electron chi connectivity index (χ3n) is 2.27. The molecule has 1 aromatic rings. The molecule has 0 saturated heterocycles. The summed E-state index contributed by atoms with van der Waals surface area (Å²) in [5.74, 6) is -2.09. The quantitative estimate of drug-likeness (QED) is 0.853. The summed E-state index contributed by atoms with van der Waals surface area (Å²) in [5, 5.41) is 9.35. The van der Waals surface area contributed by atoms with E-state index in [9.17, 15) is 27.5 Å². The molecule has 0 aliphatic carbocycles. The molecule has 0 atom stereocenters. The third-order valence-corrected chi connectivity index (χ3v) is 2.27. The third kappa shape index (κ3) is 3.90. The molecule has 3 nitrogen and oxygen atoms in total. The fourth-order valence-corrected chi connectivity index (χ4v) is 1.28. The Labute approximate surface area is 101 Å². The van der Waals surface area contributed by atoms with Crippen LogP contribution in [-0.2, 0) is 0 Å². The van der Waals surface area contributed by atoms with E-state index in [0.717, 1.165) is 30.1 Å². The van der Waals surface area contributed by atoms with E-state index in [-0.39, 0.29) is 5.56 Å². The van der Waals surface area contributed by atoms with Crippen LogP contribution in [-0.4, -0.2) is 35.7 Å². The second-order valence-corrected chi connectivity index (χ2v) is 3.75. The van der Waals surface area contributed by atoms with Crippen LogP contribution in [0.1, 0.15) is 16.8 Å². The summed E-state index contributed by atoms with van der Waals surface area (Å²) in [6.45, 7) is -0.557. The number of phenolic OH excluding ortho intramolecular Hbond substituents is 1. The van der Waals surface area contributed by atoms with Gasteiger partial charge in [0.2, 0.25) is 0 Å². The number of carbonyl (C=O) groups is 1. The molecule has 0 bridgehead atoms. The molecule has 0 unspecified atom stereocenters. The molecule has 100 valence electrons. The number of phenols is 1. The highest BCUT2D eigenvalue weighted by Gasteiger charge is 2.28. The predicted molar refractivity (Wildman–Crippen MR) is 55.7 cm³/mol. The van der Waals surface area contributed by atoms with Gasteiger partial charge < -0.3 is 10.0 Å². The molecule has 7 heteroatoms. The topological polar surface area (TPSA) is 40.5 Å². The van der Waals surface area contributed by atoms with Crippen LogP contribution in [0.25, 0.3) is 0 Å². The summed E-state index contributed by atoms with van der Waals surface area (Å²) in [5.41, 5.74) is -0.361. The van der Waals surface area contributed by atoms with E-state index in [0.29, 0.717) is 0 Å². The van der Waals surface area contributed by atoms with Crippen molar-refractivity contribution < 1.29 is 27.5 Å². The van der Waals surface area contributed by atoms with E-state index in [4.69, 9.17) is 0 Å². The lowest BCUT2D eigenvalue weighted by molar-refractivity contribution is -0.136. The fraction of sp³-hybridized carbons (Fsp3) is 0.364. The van der Waals surface area contributed by atoms with E-state index >= 15 is 0 Å². The molecule has 0 aliphatic rings. The molecule has 0 radical (unpaired) electrons. The second kappa shape index (κ2) is 5.24. The molecule has 1 rings (SSSR count). The number of hydrogen-bond acceptors (Lipinski definition) is 2. The Balaban J connectivity index is 2.77. The maximum atomic E-state index is 12.9. The molecular formula is C11H11F4NO2. The first-order valence-electron chi connectivity index (χ1n) is 5.01. The number of rotatable bonds is 3. The summed E-state index contributed by atoms with van der Waals surface area (Å²) in [6, 6.07) is 2.70. The van der Waals surface area contributed by atoms with Gasteiger partial charge in [0, 0.05) is 13.6 Å². The van der Waals surface area contributed by atoms with Crippen molar-refractivity contribution in [1.82, 2.24) is 4.90 Å². The van der Waals surface area contributed by atoms with Gasteiger partial charge in [-0.25, -0.2) is 4.39 Å². The summed E-state index contributed by atoms with van der Waals surface area (Å²) < 4.78 is 48.8. The highest BCUT2D eigenvalue weighted by Crippen LogP contribution is 2.22. The highest BCUT2D eigenvalue weighted by molar-refractivity contribution is 5.96. The van der Waals surface area contributed by atoms with Gasteiger partial charge in [0.05, 0.1) is 12.0 Å². The van der Waals surface area contributed by atoms with Crippen molar-refractivity contribution in [1.29, 1.82) is 0 Å². The van der Waals surface area contributed by atoms with Gasteiger partial charge in [-0.15, -0.1) is 0 Å². The smallest absolute Gasteiger partial charge is 0.390 e. The number of halogens is 4. The molecule has 0 fully saturated rings. The van der Waals surface area contributed by atoms with Crippen molar-refractivity contribution in [3.63, 3.8) is 0 Å². The van der Waals surface area contributed by atoms with Crippen LogP contribution in [0.5, 0.6) is 5.75 Å². The SMILES string of the molecule is CN(CCC(F)(F)F)C(=O)c1cc(F)ccc1O. The maximum absolute atomic E-state index is 12.9. The predicted octanol–water partition coefficient (Wildman–Crippen LogP) is 2.56. The Morgan fingerprint density at radius 1 is 1.39 bits per heavy atom. The van der Waals surface area contributed by atoms with Crippen LogP contribution < -0.4 is 0 Å². The minimum Gasteiger partial charge on any atom is -0.507 e. The molecule has 0 saturated carbocycles. The first-order valence-corrected chi connectivity index (χ1v) is 5.01. The second-order valence-electron chi connectivity index (χ2n) is 3.75. The minimum atomic E-state index is -4.38. The normalized spacial score (nSPS) is 11.4. The monoisotopic (exact) mass is 265 g/mol.